The van der Waals surface area contributed by atoms with Crippen LogP contribution >= 0.6 is 23.2 Å². The van der Waals surface area contributed by atoms with E-state index in [0.29, 0.717) is 33.9 Å². The summed E-state index contributed by atoms with van der Waals surface area (Å²) in [6.45, 7) is 10.2. The molecule has 24 nitrogen and oxygen atoms in total. The van der Waals surface area contributed by atoms with Gasteiger partial charge in [0.1, 0.15) is 12.3 Å². The van der Waals surface area contributed by atoms with E-state index in [1.807, 2.05) is 18.2 Å². The number of nitrogens with one attached hydrogen (secondary N) is 4. The Morgan fingerprint density at radius 3 is 1.83 bits per heavy atom. The molecule has 6 aromatic carbocycles. The molecule has 0 radical (unpaired) electrons. The van der Waals surface area contributed by atoms with Crippen LogP contribution in [0.5, 0.6) is 5.75 Å². The lowest BCUT2D eigenvalue weighted by molar-refractivity contribution is -0.147. The predicted molar refractivity (Wildman–Crippen MR) is 396 cm³/mol. The molecule has 9 rings (SSSR count). The monoisotopic (exact) mass is 1490 g/mol. The molecular formula is C75H89Cl2N9O15S2. The second-order valence-corrected chi connectivity index (χ2v) is 31.1. The fourth-order valence-electron chi connectivity index (χ4n) is 12.1. The van der Waals surface area contributed by atoms with E-state index >= 15 is 0 Å². The zero-order valence-electron chi connectivity index (χ0n) is 58.8. The minimum atomic E-state index is -4.24. The van der Waals surface area contributed by atoms with Crippen molar-refractivity contribution in [1.29, 1.82) is 0 Å². The molecular weight excluding hydrogens is 1400 g/mol. The highest BCUT2D eigenvalue weighted by molar-refractivity contribution is 7.92. The fraction of sp³-hybridized carbons (Fsp3) is 0.400. The number of imide groups is 2. The second kappa shape index (κ2) is 36.3. The number of ether oxygens (including phenoxy) is 2. The first-order valence-corrected chi connectivity index (χ1v) is 38.4. The molecule has 0 aromatic heterocycles. The Balaban J connectivity index is 0.000000261. The maximum Gasteiger partial charge on any atom is 0.330 e. The van der Waals surface area contributed by atoms with Gasteiger partial charge in [-0.25, -0.2) is 36.2 Å². The van der Waals surface area contributed by atoms with E-state index < -0.39 is 103 Å². The molecule has 0 spiro atoms. The minimum Gasteiger partial charge on any atom is -0.495 e. The number of para-hydroxylation sites is 2. The zero-order chi connectivity index (χ0) is 74.8. The summed E-state index contributed by atoms with van der Waals surface area (Å²) < 4.78 is 65.9. The molecule has 3 aliphatic rings. The molecule has 28 heteroatoms. The molecule has 4 atom stereocenters. The maximum absolute atomic E-state index is 14.5. The number of sulfonamides is 1. The number of hydrogen-bond donors (Lipinski definition) is 4. The Hall–Kier alpha value is -9.21. The molecule has 10 amide bonds. The van der Waals surface area contributed by atoms with Crippen LogP contribution in [0.1, 0.15) is 122 Å². The van der Waals surface area contributed by atoms with Gasteiger partial charge in [0.05, 0.1) is 57.2 Å². The van der Waals surface area contributed by atoms with Crippen molar-refractivity contribution in [3.8, 4) is 5.75 Å². The summed E-state index contributed by atoms with van der Waals surface area (Å²) in [6.07, 6.45) is 10.0. The van der Waals surface area contributed by atoms with Gasteiger partial charge in [-0.3, -0.25) is 43.2 Å². The predicted octanol–water partition coefficient (Wildman–Crippen LogP) is 12.5. The van der Waals surface area contributed by atoms with E-state index in [2.05, 4.69) is 27.6 Å². The number of amides is 10. The first-order valence-electron chi connectivity index (χ1n) is 34.3. The number of Topliss-reactive ketones (excluding diaryl/α,β-unsaturated/α-hetero) is 1. The van der Waals surface area contributed by atoms with E-state index in [1.165, 1.54) is 110 Å². The average Bonchev–Trinajstić information content (AvgIpc) is 1.63. The van der Waals surface area contributed by atoms with Crippen LogP contribution in [0, 0.1) is 11.3 Å². The third kappa shape index (κ3) is 20.8. The van der Waals surface area contributed by atoms with E-state index in [0.717, 1.165) is 36.5 Å². The molecule has 4 N–H and O–H groups in total. The third-order valence-electron chi connectivity index (χ3n) is 17.5. The number of sulfone groups is 1. The van der Waals surface area contributed by atoms with Crippen molar-refractivity contribution in [2.24, 2.45) is 11.3 Å². The molecule has 103 heavy (non-hydrogen) atoms. The molecule has 2 fully saturated rings. The van der Waals surface area contributed by atoms with Crippen molar-refractivity contribution >= 4 is 125 Å². The Morgan fingerprint density at radius 2 is 1.19 bits per heavy atom. The number of carbonyl (C=O) groups is 9. The van der Waals surface area contributed by atoms with E-state index in [4.69, 9.17) is 32.7 Å². The van der Waals surface area contributed by atoms with Crippen LogP contribution in [-0.2, 0) is 77.7 Å². The molecule has 550 valence electrons. The summed E-state index contributed by atoms with van der Waals surface area (Å²) in [6, 6.07) is 33.9. The van der Waals surface area contributed by atoms with E-state index in [-0.39, 0.29) is 87.7 Å². The summed E-state index contributed by atoms with van der Waals surface area (Å²) in [5.74, 6) is -6.69. The van der Waals surface area contributed by atoms with Gasteiger partial charge in [-0.15, -0.1) is 0 Å². The highest BCUT2D eigenvalue weighted by Crippen LogP contribution is 2.36. The number of halogens is 2. The number of benzene rings is 6. The first-order chi connectivity index (χ1) is 49.1. The lowest BCUT2D eigenvalue weighted by Gasteiger charge is -2.29. The maximum atomic E-state index is 14.5. The van der Waals surface area contributed by atoms with Gasteiger partial charge in [0.25, 0.3) is 39.6 Å². The molecule has 2 saturated heterocycles. The number of unbranched alkanes of at least 4 members (excludes halogenated alkanes) is 9. The van der Waals surface area contributed by atoms with Crippen molar-refractivity contribution in [3.63, 3.8) is 0 Å². The standard InChI is InChI=1S/C39H55ClN4O7S.C36H34ClN5O8S/c1-6-7-8-9-10-11-12-13-14-18-23-52(50,51)27-28(2)36(47)41-30-21-22-31(40)32(24-30)42-37(48)34(35(46)39(3,4)5)44-33(45)26-43(38(44)49)25-29-19-16-15-17-20-29;1-3-50-35-34(45)42(36(46)41(35)22-23-11-5-4-6-12-23)31(33(44)40-20-19-24-13-7-10-16-29(24)40)32(43)38-28-21-25(17-18-30(28)49-2)51(47,48)39-27-15-9-8-14-26(27)37/h15-17,19-22,24,28,34H,6-14,18,23,25-27H2,1-5H3,(H,41,47)(H,42,48);4-18,21,31,35,39H,3,19-20,22H2,1-2H3,(H,38,43). The number of fused-ring (bicyclic) bond motifs is 1. The quantitative estimate of drug-likeness (QED) is 0.0169. The molecule has 3 heterocycles. The van der Waals surface area contributed by atoms with Crippen LogP contribution in [0.4, 0.5) is 38.0 Å². The minimum absolute atomic E-state index is 0.0256. The van der Waals surface area contributed by atoms with Crippen LogP contribution in [0.25, 0.3) is 0 Å². The van der Waals surface area contributed by atoms with Gasteiger partial charge in [-0.2, -0.15) is 0 Å². The SMILES string of the molecule is CCCCCCCCCCCCS(=O)(=O)CC(C)C(=O)Nc1ccc(Cl)c(NC(=O)C(C(=O)C(C)(C)C)N2C(=O)CN(Cc3ccccc3)C2=O)c1.CCOC1C(=O)N(C(C(=O)Nc2cc(S(=O)(=O)Nc3ccccc3Cl)ccc2OC)C(=O)N2CCc3ccccc32)C(=O)N1Cc1ccccc1. The lowest BCUT2D eigenvalue weighted by atomic mass is 9.85. The molecule has 6 aromatic rings. The Morgan fingerprint density at radius 1 is 0.612 bits per heavy atom. The summed E-state index contributed by atoms with van der Waals surface area (Å²) in [4.78, 5) is 129. The van der Waals surface area contributed by atoms with Crippen molar-refractivity contribution in [1.82, 2.24) is 19.6 Å². The zero-order valence-corrected chi connectivity index (χ0v) is 62.0. The highest BCUT2D eigenvalue weighted by atomic mass is 35.5. The van der Waals surface area contributed by atoms with Crippen molar-refractivity contribution < 1.29 is 69.5 Å². The largest absolute Gasteiger partial charge is 0.495 e. The lowest BCUT2D eigenvalue weighted by Crippen LogP contribution is -2.57. The van der Waals surface area contributed by atoms with Crippen molar-refractivity contribution in [2.45, 2.75) is 148 Å². The summed E-state index contributed by atoms with van der Waals surface area (Å²) in [5, 5.41) is 8.07. The number of carbonyl (C=O) groups excluding carboxylic acids is 9. The van der Waals surface area contributed by atoms with Gasteiger partial charge < -0.3 is 35.2 Å². The number of nitrogens with zero attached hydrogens (tertiary/aromatic N) is 5. The van der Waals surface area contributed by atoms with Crippen molar-refractivity contribution in [3.05, 3.63) is 172 Å². The molecule has 0 saturated carbocycles. The smallest absolute Gasteiger partial charge is 0.330 e. The summed E-state index contributed by atoms with van der Waals surface area (Å²) in [7, 11) is -6.39. The van der Waals surface area contributed by atoms with Gasteiger partial charge in [-0.1, -0.05) is 207 Å². The van der Waals surface area contributed by atoms with E-state index in [1.54, 1.807) is 107 Å². The Kier molecular flexibility index (Phi) is 28.0. The summed E-state index contributed by atoms with van der Waals surface area (Å²) >= 11 is 12.6. The molecule has 3 aliphatic heterocycles. The Bertz CT molecular complexity index is 4300. The van der Waals surface area contributed by atoms with Gasteiger partial charge in [0, 0.05) is 42.4 Å². The van der Waals surface area contributed by atoms with Crippen LogP contribution in [-0.4, -0.2) is 146 Å². The molecule has 4 unspecified atom stereocenters. The van der Waals surface area contributed by atoms with Crippen LogP contribution < -0.4 is 30.3 Å². The van der Waals surface area contributed by atoms with Gasteiger partial charge in [0.2, 0.25) is 12.1 Å². The third-order valence-corrected chi connectivity index (χ3v) is 21.4. The normalized spacial score (nSPS) is 15.5. The number of anilines is 5. The average molecular weight is 1490 g/mol. The Labute approximate surface area is 612 Å². The number of hydrogen-bond acceptors (Lipinski definition) is 15. The van der Waals surface area contributed by atoms with Crippen LogP contribution in [0.3, 0.4) is 0 Å². The van der Waals surface area contributed by atoms with Gasteiger partial charge >= 0.3 is 12.1 Å². The molecule has 0 aliphatic carbocycles. The highest BCUT2D eigenvalue weighted by Gasteiger charge is 2.55. The van der Waals surface area contributed by atoms with Gasteiger partial charge in [-0.05, 0) is 91.1 Å². The molecule has 0 bridgehead atoms. The fourth-order valence-corrected chi connectivity index (χ4v) is 15.3. The van der Waals surface area contributed by atoms with Crippen LogP contribution in [0.2, 0.25) is 10.0 Å². The number of methoxy groups -OCH3 is 1. The second-order valence-electron chi connectivity index (χ2n) is 26.4. The summed E-state index contributed by atoms with van der Waals surface area (Å²) in [5.41, 5.74) is 2.02. The number of rotatable bonds is 33. The number of ketones is 1. The van der Waals surface area contributed by atoms with Gasteiger partial charge in [0.15, 0.2) is 27.7 Å². The first kappa shape index (κ1) is 79.5. The van der Waals surface area contributed by atoms with E-state index in [9.17, 15) is 60.0 Å². The number of urea groups is 2. The van der Waals surface area contributed by atoms with Crippen molar-refractivity contribution in [2.75, 3.05) is 63.9 Å². The topological polar surface area (TPSA) is 305 Å². The van der Waals surface area contributed by atoms with Crippen LogP contribution in [0.15, 0.2) is 150 Å².